The summed E-state index contributed by atoms with van der Waals surface area (Å²) in [5.74, 6) is 0.0450. The quantitative estimate of drug-likeness (QED) is 0.222. The molecular formula is C34H38N2O5S. The van der Waals surface area contributed by atoms with Gasteiger partial charge in [-0.2, -0.15) is 0 Å². The van der Waals surface area contributed by atoms with Crippen LogP contribution < -0.4 is 4.72 Å². The predicted molar refractivity (Wildman–Crippen MR) is 164 cm³/mol. The fraction of sp³-hybridized carbons (Fsp3) is 0.294. The van der Waals surface area contributed by atoms with Gasteiger partial charge in [-0.15, -0.1) is 0 Å². The number of benzene rings is 4. The molecule has 4 aromatic rings. The fourth-order valence-electron chi connectivity index (χ4n) is 5.28. The van der Waals surface area contributed by atoms with Crippen LogP contribution in [0.2, 0.25) is 0 Å². The van der Waals surface area contributed by atoms with Crippen molar-refractivity contribution in [2.24, 2.45) is 5.92 Å². The van der Waals surface area contributed by atoms with Gasteiger partial charge in [-0.25, -0.2) is 8.42 Å². The van der Waals surface area contributed by atoms with Gasteiger partial charge in [0.25, 0.3) is 10.0 Å². The zero-order valence-corrected chi connectivity index (χ0v) is 24.9. The molecule has 4 aromatic carbocycles. The third-order valence-electron chi connectivity index (χ3n) is 8.02. The minimum absolute atomic E-state index is 0.0156. The van der Waals surface area contributed by atoms with Crippen LogP contribution in [-0.2, 0) is 26.1 Å². The maximum absolute atomic E-state index is 12.8. The van der Waals surface area contributed by atoms with E-state index in [4.69, 9.17) is 9.47 Å². The SMILES string of the molecule is C[C@H]1[C@@H](CN(C)[C@@H](C)c2ccccc2)O[C@@H](c2ccc(NS(=O)(=O)c3ccccc3)cc2)O[C@H]1c1ccc(CO)cc1. The van der Waals surface area contributed by atoms with Gasteiger partial charge in [-0.1, -0.05) is 91.9 Å². The first-order valence-corrected chi connectivity index (χ1v) is 15.7. The van der Waals surface area contributed by atoms with E-state index in [2.05, 4.69) is 54.8 Å². The van der Waals surface area contributed by atoms with Crippen molar-refractivity contribution in [3.63, 3.8) is 0 Å². The van der Waals surface area contributed by atoms with Gasteiger partial charge < -0.3 is 14.6 Å². The highest BCUT2D eigenvalue weighted by atomic mass is 32.2. The molecule has 1 heterocycles. The van der Waals surface area contributed by atoms with Crippen LogP contribution in [0.5, 0.6) is 0 Å². The Morgan fingerprint density at radius 1 is 0.833 bits per heavy atom. The molecule has 1 saturated heterocycles. The number of likely N-dealkylation sites (N-methyl/N-ethyl adjacent to an activating group) is 1. The van der Waals surface area contributed by atoms with Crippen LogP contribution in [-0.4, -0.2) is 38.1 Å². The monoisotopic (exact) mass is 586 g/mol. The molecular weight excluding hydrogens is 548 g/mol. The van der Waals surface area contributed by atoms with E-state index in [1.54, 1.807) is 42.5 Å². The molecule has 7 nitrogen and oxygen atoms in total. The van der Waals surface area contributed by atoms with E-state index in [0.29, 0.717) is 12.2 Å². The van der Waals surface area contributed by atoms with Crippen LogP contribution in [0.15, 0.2) is 114 Å². The molecule has 1 aliphatic rings. The third-order valence-corrected chi connectivity index (χ3v) is 9.42. The molecule has 5 rings (SSSR count). The molecule has 5 atom stereocenters. The topological polar surface area (TPSA) is 88.1 Å². The summed E-state index contributed by atoms with van der Waals surface area (Å²) in [4.78, 5) is 2.50. The summed E-state index contributed by atoms with van der Waals surface area (Å²) in [6.07, 6.45) is -1.02. The first kappa shape index (κ1) is 29.9. The highest BCUT2D eigenvalue weighted by molar-refractivity contribution is 7.92. The normalized spacial score (nSPS) is 21.6. The molecule has 2 N–H and O–H groups in total. The summed E-state index contributed by atoms with van der Waals surface area (Å²) in [5.41, 5.74) is 4.35. The Bertz CT molecular complexity index is 1530. The maximum atomic E-state index is 12.8. The summed E-state index contributed by atoms with van der Waals surface area (Å²) >= 11 is 0. The van der Waals surface area contributed by atoms with Gasteiger partial charge in [0.1, 0.15) is 0 Å². The van der Waals surface area contributed by atoms with E-state index in [-0.39, 0.29) is 35.7 Å². The van der Waals surface area contributed by atoms with E-state index in [9.17, 15) is 13.5 Å². The van der Waals surface area contributed by atoms with Crippen molar-refractivity contribution in [1.29, 1.82) is 0 Å². The Kier molecular flexibility index (Phi) is 9.40. The van der Waals surface area contributed by atoms with Crippen molar-refractivity contribution >= 4 is 15.7 Å². The molecule has 0 spiro atoms. The number of aliphatic hydroxyl groups is 1. The summed E-state index contributed by atoms with van der Waals surface area (Å²) in [6.45, 7) is 5.01. The lowest BCUT2D eigenvalue weighted by Crippen LogP contribution is -2.44. The lowest BCUT2D eigenvalue weighted by atomic mass is 9.89. The third kappa shape index (κ3) is 6.91. The number of nitrogens with one attached hydrogen (secondary N) is 1. The molecule has 0 bridgehead atoms. The van der Waals surface area contributed by atoms with Gasteiger partial charge in [-0.3, -0.25) is 9.62 Å². The fourth-order valence-corrected chi connectivity index (χ4v) is 6.36. The minimum Gasteiger partial charge on any atom is -0.392 e. The molecule has 0 aromatic heterocycles. The molecule has 0 aliphatic carbocycles. The van der Waals surface area contributed by atoms with E-state index in [1.807, 2.05) is 42.5 Å². The van der Waals surface area contributed by atoms with Gasteiger partial charge >= 0.3 is 0 Å². The zero-order valence-electron chi connectivity index (χ0n) is 24.1. The van der Waals surface area contributed by atoms with Crippen LogP contribution in [0.3, 0.4) is 0 Å². The molecule has 0 saturated carbocycles. The summed E-state index contributed by atoms with van der Waals surface area (Å²) in [6, 6.07) is 33.9. The number of nitrogens with zero attached hydrogens (tertiary/aromatic N) is 1. The van der Waals surface area contributed by atoms with Crippen LogP contribution in [0.1, 0.15) is 54.5 Å². The van der Waals surface area contributed by atoms with Crippen LogP contribution in [0.4, 0.5) is 5.69 Å². The Labute approximate surface area is 248 Å². The summed E-state index contributed by atoms with van der Waals surface area (Å²) in [7, 11) is -1.59. The number of hydrogen-bond donors (Lipinski definition) is 2. The van der Waals surface area contributed by atoms with Crippen molar-refractivity contribution in [1.82, 2.24) is 4.90 Å². The molecule has 0 amide bonds. The predicted octanol–water partition coefficient (Wildman–Crippen LogP) is 6.46. The highest BCUT2D eigenvalue weighted by Gasteiger charge is 2.39. The Morgan fingerprint density at radius 3 is 2.05 bits per heavy atom. The number of rotatable bonds is 10. The lowest BCUT2D eigenvalue weighted by molar-refractivity contribution is -0.276. The summed E-state index contributed by atoms with van der Waals surface area (Å²) in [5, 5.41) is 9.53. The smallest absolute Gasteiger partial charge is 0.261 e. The van der Waals surface area contributed by atoms with Gasteiger partial charge in [0, 0.05) is 29.8 Å². The minimum atomic E-state index is -3.70. The highest BCUT2D eigenvalue weighted by Crippen LogP contribution is 2.42. The lowest BCUT2D eigenvalue weighted by Gasteiger charge is -2.43. The second kappa shape index (κ2) is 13.2. The maximum Gasteiger partial charge on any atom is 0.261 e. The average Bonchev–Trinajstić information content (AvgIpc) is 3.03. The largest absolute Gasteiger partial charge is 0.392 e. The molecule has 1 aliphatic heterocycles. The number of hydrogen-bond acceptors (Lipinski definition) is 6. The number of ether oxygens (including phenoxy) is 2. The van der Waals surface area contributed by atoms with E-state index < -0.39 is 16.3 Å². The number of sulfonamides is 1. The number of anilines is 1. The van der Waals surface area contributed by atoms with Crippen LogP contribution in [0.25, 0.3) is 0 Å². The van der Waals surface area contributed by atoms with Gasteiger partial charge in [-0.05, 0) is 54.9 Å². The second-order valence-corrected chi connectivity index (χ2v) is 12.6. The molecule has 8 heteroatoms. The first-order valence-electron chi connectivity index (χ1n) is 14.2. The van der Waals surface area contributed by atoms with Crippen molar-refractivity contribution in [2.45, 2.75) is 49.9 Å². The Morgan fingerprint density at radius 2 is 1.43 bits per heavy atom. The van der Waals surface area contributed by atoms with Crippen LogP contribution >= 0.6 is 0 Å². The van der Waals surface area contributed by atoms with Crippen LogP contribution in [0, 0.1) is 5.92 Å². The molecule has 0 unspecified atom stereocenters. The van der Waals surface area contributed by atoms with Crippen molar-refractivity contribution < 1.29 is 23.0 Å². The molecule has 0 radical (unpaired) electrons. The standard InChI is InChI=1S/C34H38N2O5S/c1-24-32(22-36(3)25(2)27-10-6-4-7-11-27)40-34(41-33(24)28-16-14-26(23-37)15-17-28)29-18-20-30(21-19-29)35-42(38,39)31-12-8-5-9-13-31/h4-21,24-25,32-35,37H,22-23H2,1-3H3/t24-,25-,32+,33+,34+/m0/s1. The average molecular weight is 587 g/mol. The van der Waals surface area contributed by atoms with Crippen molar-refractivity contribution in [3.8, 4) is 0 Å². The zero-order chi connectivity index (χ0) is 29.7. The molecule has 42 heavy (non-hydrogen) atoms. The van der Waals surface area contributed by atoms with E-state index >= 15 is 0 Å². The molecule has 220 valence electrons. The second-order valence-electron chi connectivity index (χ2n) is 10.9. The van der Waals surface area contributed by atoms with Crippen molar-refractivity contribution in [3.05, 3.63) is 131 Å². The molecule has 1 fully saturated rings. The Hall–Kier alpha value is -3.53. The van der Waals surface area contributed by atoms with E-state index in [0.717, 1.165) is 16.7 Å². The van der Waals surface area contributed by atoms with E-state index in [1.165, 1.54) is 5.56 Å². The summed E-state index contributed by atoms with van der Waals surface area (Å²) < 4.78 is 41.4. The Balaban J connectivity index is 1.37. The number of aliphatic hydroxyl groups excluding tert-OH is 1. The van der Waals surface area contributed by atoms with Gasteiger partial charge in [0.05, 0.1) is 23.7 Å². The van der Waals surface area contributed by atoms with Gasteiger partial charge in [0.2, 0.25) is 0 Å². The van der Waals surface area contributed by atoms with Crippen molar-refractivity contribution in [2.75, 3.05) is 18.3 Å². The van der Waals surface area contributed by atoms with Gasteiger partial charge in [0.15, 0.2) is 6.29 Å². The first-order chi connectivity index (χ1) is 20.2.